The van der Waals surface area contributed by atoms with Crippen molar-refractivity contribution >= 4 is 40.2 Å². The number of hydrogen-bond donors (Lipinski definition) is 1. The highest BCUT2D eigenvalue weighted by molar-refractivity contribution is 7.99. The summed E-state index contributed by atoms with van der Waals surface area (Å²) in [5.41, 5.74) is 0.432. The Morgan fingerprint density at radius 2 is 2.25 bits per heavy atom. The molecule has 2 heterocycles. The summed E-state index contributed by atoms with van der Waals surface area (Å²) in [4.78, 5) is 30.0. The molecular formula is C20H24ClN3O3S. The van der Waals surface area contributed by atoms with Gasteiger partial charge < -0.3 is 10.1 Å². The summed E-state index contributed by atoms with van der Waals surface area (Å²) in [5.74, 6) is 0.794. The number of rotatable bonds is 7. The molecule has 1 aliphatic carbocycles. The van der Waals surface area contributed by atoms with E-state index < -0.39 is 0 Å². The van der Waals surface area contributed by atoms with Crippen LogP contribution in [0.25, 0.3) is 10.9 Å². The molecule has 1 saturated heterocycles. The molecule has 8 heteroatoms. The lowest BCUT2D eigenvalue weighted by molar-refractivity contribution is -0.119. The van der Waals surface area contributed by atoms with Gasteiger partial charge in [-0.2, -0.15) is 0 Å². The molecule has 0 spiro atoms. The second-order valence-corrected chi connectivity index (χ2v) is 8.97. The van der Waals surface area contributed by atoms with E-state index in [1.165, 1.54) is 24.6 Å². The smallest absolute Gasteiger partial charge is 0.262 e. The first-order valence-corrected chi connectivity index (χ1v) is 11.1. The van der Waals surface area contributed by atoms with Crippen LogP contribution in [0.15, 0.2) is 28.2 Å². The van der Waals surface area contributed by atoms with Gasteiger partial charge in [0.05, 0.1) is 29.3 Å². The molecule has 1 amide bonds. The second kappa shape index (κ2) is 8.43. The predicted molar refractivity (Wildman–Crippen MR) is 111 cm³/mol. The van der Waals surface area contributed by atoms with Crippen LogP contribution < -0.4 is 10.9 Å². The van der Waals surface area contributed by atoms with Crippen LogP contribution in [-0.2, 0) is 16.1 Å². The van der Waals surface area contributed by atoms with Crippen molar-refractivity contribution in [2.75, 3.05) is 12.4 Å². The first kappa shape index (κ1) is 19.7. The Morgan fingerprint density at radius 1 is 1.43 bits per heavy atom. The van der Waals surface area contributed by atoms with Crippen molar-refractivity contribution in [2.45, 2.75) is 56.5 Å². The van der Waals surface area contributed by atoms with Gasteiger partial charge in [-0.05, 0) is 56.7 Å². The van der Waals surface area contributed by atoms with Crippen LogP contribution in [0.5, 0.6) is 0 Å². The summed E-state index contributed by atoms with van der Waals surface area (Å²) in [6.07, 6.45) is 4.30. The van der Waals surface area contributed by atoms with E-state index in [9.17, 15) is 9.59 Å². The summed E-state index contributed by atoms with van der Waals surface area (Å²) in [6, 6.07) is 5.29. The van der Waals surface area contributed by atoms with Gasteiger partial charge >= 0.3 is 0 Å². The number of carbonyl (C=O) groups excluding carboxylic acids is 1. The van der Waals surface area contributed by atoms with Gasteiger partial charge in [0.1, 0.15) is 0 Å². The third kappa shape index (κ3) is 4.53. The standard InChI is InChI=1S/C20H24ClN3O3S/c1-12(13-4-5-13)22-18(25)11-28-20-23-17-9-14(21)6-7-16(17)19(26)24(20)10-15-3-2-8-27-15/h6-7,9,12-13,15H,2-5,8,10-11H2,1H3,(H,22,25)/t12-,15+/m1/s1. The van der Waals surface area contributed by atoms with Gasteiger partial charge in [-0.25, -0.2) is 4.98 Å². The first-order chi connectivity index (χ1) is 13.5. The molecule has 2 fully saturated rings. The number of carbonyl (C=O) groups is 1. The number of aromatic nitrogens is 2. The molecular weight excluding hydrogens is 398 g/mol. The molecule has 1 N–H and O–H groups in total. The van der Waals surface area contributed by atoms with Gasteiger partial charge in [0.25, 0.3) is 5.56 Å². The van der Waals surface area contributed by atoms with Crippen LogP contribution in [0.2, 0.25) is 5.02 Å². The molecule has 4 rings (SSSR count). The van der Waals surface area contributed by atoms with E-state index >= 15 is 0 Å². The van der Waals surface area contributed by atoms with Crippen molar-refractivity contribution < 1.29 is 9.53 Å². The van der Waals surface area contributed by atoms with Gasteiger partial charge in [0, 0.05) is 17.7 Å². The van der Waals surface area contributed by atoms with E-state index in [0.29, 0.717) is 33.5 Å². The SMILES string of the molecule is C[C@@H](NC(=O)CSc1nc2cc(Cl)ccc2c(=O)n1C[C@@H]1CCCO1)C1CC1. The maximum absolute atomic E-state index is 13.1. The Morgan fingerprint density at radius 3 is 2.96 bits per heavy atom. The van der Waals surface area contributed by atoms with Crippen molar-refractivity contribution in [1.82, 2.24) is 14.9 Å². The van der Waals surface area contributed by atoms with Crippen molar-refractivity contribution in [3.8, 4) is 0 Å². The highest BCUT2D eigenvalue weighted by atomic mass is 35.5. The monoisotopic (exact) mass is 421 g/mol. The first-order valence-electron chi connectivity index (χ1n) is 9.75. The average Bonchev–Trinajstić information content (AvgIpc) is 3.40. The van der Waals surface area contributed by atoms with E-state index in [-0.39, 0.29) is 29.4 Å². The molecule has 1 saturated carbocycles. The fraction of sp³-hybridized carbons (Fsp3) is 0.550. The lowest BCUT2D eigenvalue weighted by atomic mass is 10.2. The van der Waals surface area contributed by atoms with E-state index in [1.54, 1.807) is 22.8 Å². The zero-order chi connectivity index (χ0) is 19.7. The largest absolute Gasteiger partial charge is 0.376 e. The quantitative estimate of drug-likeness (QED) is 0.548. The topological polar surface area (TPSA) is 73.2 Å². The predicted octanol–water partition coefficient (Wildman–Crippen LogP) is 3.24. The molecule has 0 unspecified atom stereocenters. The molecule has 2 atom stereocenters. The Hall–Kier alpha value is -1.57. The molecule has 1 aromatic heterocycles. The summed E-state index contributed by atoms with van der Waals surface area (Å²) >= 11 is 7.37. The zero-order valence-corrected chi connectivity index (χ0v) is 17.4. The van der Waals surface area contributed by atoms with Gasteiger partial charge in [-0.3, -0.25) is 14.2 Å². The van der Waals surface area contributed by atoms with E-state index in [0.717, 1.165) is 19.4 Å². The van der Waals surface area contributed by atoms with Crippen molar-refractivity contribution in [2.24, 2.45) is 5.92 Å². The molecule has 28 heavy (non-hydrogen) atoms. The van der Waals surface area contributed by atoms with Crippen LogP contribution in [0.4, 0.5) is 0 Å². The molecule has 2 aliphatic rings. The van der Waals surface area contributed by atoms with Crippen molar-refractivity contribution in [1.29, 1.82) is 0 Å². The number of nitrogens with one attached hydrogen (secondary N) is 1. The van der Waals surface area contributed by atoms with Crippen LogP contribution in [-0.4, -0.2) is 40.0 Å². The number of nitrogens with zero attached hydrogens (tertiary/aromatic N) is 2. The number of hydrogen-bond acceptors (Lipinski definition) is 5. The number of thioether (sulfide) groups is 1. The van der Waals surface area contributed by atoms with Gasteiger partial charge in [-0.15, -0.1) is 0 Å². The lowest BCUT2D eigenvalue weighted by Gasteiger charge is -2.17. The van der Waals surface area contributed by atoms with Gasteiger partial charge in [0.15, 0.2) is 5.16 Å². The van der Waals surface area contributed by atoms with E-state index in [4.69, 9.17) is 16.3 Å². The summed E-state index contributed by atoms with van der Waals surface area (Å²) in [6.45, 7) is 3.22. The van der Waals surface area contributed by atoms with Crippen LogP contribution >= 0.6 is 23.4 Å². The molecule has 1 aromatic carbocycles. The molecule has 6 nitrogen and oxygen atoms in total. The number of benzene rings is 1. The minimum atomic E-state index is -0.119. The van der Waals surface area contributed by atoms with Crippen LogP contribution in [0.3, 0.4) is 0 Å². The second-order valence-electron chi connectivity index (χ2n) is 7.59. The Kier molecular flexibility index (Phi) is 5.94. The zero-order valence-electron chi connectivity index (χ0n) is 15.8. The Labute approximate surface area is 173 Å². The molecule has 0 radical (unpaired) electrons. The maximum Gasteiger partial charge on any atom is 0.262 e. The van der Waals surface area contributed by atoms with Crippen molar-refractivity contribution in [3.05, 3.63) is 33.6 Å². The Bertz CT molecular complexity index is 938. The third-order valence-corrected chi connectivity index (χ3v) is 6.55. The number of fused-ring (bicyclic) bond motifs is 1. The van der Waals surface area contributed by atoms with Gasteiger partial charge in [-0.1, -0.05) is 23.4 Å². The minimum absolute atomic E-state index is 0.00677. The molecule has 1 aliphatic heterocycles. The summed E-state index contributed by atoms with van der Waals surface area (Å²) in [7, 11) is 0. The number of halogens is 1. The molecule has 0 bridgehead atoms. The van der Waals surface area contributed by atoms with Crippen LogP contribution in [0, 0.1) is 5.92 Å². The highest BCUT2D eigenvalue weighted by Crippen LogP contribution is 2.32. The third-order valence-electron chi connectivity index (χ3n) is 5.34. The average molecular weight is 422 g/mol. The summed E-state index contributed by atoms with van der Waals surface area (Å²) in [5, 5.41) is 4.63. The van der Waals surface area contributed by atoms with Crippen molar-refractivity contribution in [3.63, 3.8) is 0 Å². The van der Waals surface area contributed by atoms with Crippen LogP contribution in [0.1, 0.15) is 32.6 Å². The molecule has 150 valence electrons. The van der Waals surface area contributed by atoms with E-state index in [1.807, 2.05) is 6.92 Å². The fourth-order valence-corrected chi connectivity index (χ4v) is 4.56. The van der Waals surface area contributed by atoms with E-state index in [2.05, 4.69) is 10.3 Å². The Balaban J connectivity index is 1.58. The minimum Gasteiger partial charge on any atom is -0.376 e. The molecule has 2 aromatic rings. The van der Waals surface area contributed by atoms with Gasteiger partial charge in [0.2, 0.25) is 5.91 Å². The highest BCUT2D eigenvalue weighted by Gasteiger charge is 2.29. The fourth-order valence-electron chi connectivity index (χ4n) is 3.58. The lowest BCUT2D eigenvalue weighted by Crippen LogP contribution is -2.35. The summed E-state index contributed by atoms with van der Waals surface area (Å²) < 4.78 is 7.36. The maximum atomic E-state index is 13.1. The number of ether oxygens (including phenoxy) is 1. The number of amides is 1. The normalized spacial score (nSPS) is 20.4.